The number of hydrogen-bond donors (Lipinski definition) is 2. The van der Waals surface area contributed by atoms with Crippen LogP contribution in [0.4, 0.5) is 5.69 Å². The molecule has 0 bridgehead atoms. The molecular formula is C28H40N4O2. The molecule has 2 aliphatic heterocycles. The molecule has 2 heterocycles. The molecule has 2 aliphatic rings. The van der Waals surface area contributed by atoms with Crippen LogP contribution < -0.4 is 15.5 Å². The largest absolute Gasteiger partial charge is 0.379 e. The first-order valence-corrected chi connectivity index (χ1v) is 12.7. The Balaban J connectivity index is 1.18. The normalized spacial score (nSPS) is 18.1. The van der Waals surface area contributed by atoms with Crippen LogP contribution >= 0.6 is 0 Å². The number of ether oxygens (including phenoxy) is 1. The van der Waals surface area contributed by atoms with Crippen molar-refractivity contribution in [3.63, 3.8) is 0 Å². The summed E-state index contributed by atoms with van der Waals surface area (Å²) < 4.78 is 5.51. The third kappa shape index (κ3) is 7.05. The second-order valence-corrected chi connectivity index (χ2v) is 10.2. The second-order valence-electron chi connectivity index (χ2n) is 10.2. The van der Waals surface area contributed by atoms with Crippen molar-refractivity contribution in [1.29, 1.82) is 0 Å². The van der Waals surface area contributed by atoms with Crippen LogP contribution in [0.1, 0.15) is 37.8 Å². The van der Waals surface area contributed by atoms with Crippen LogP contribution in [-0.4, -0.2) is 68.3 Å². The minimum absolute atomic E-state index is 0.0588. The van der Waals surface area contributed by atoms with E-state index in [4.69, 9.17) is 4.74 Å². The highest BCUT2D eigenvalue weighted by Gasteiger charge is 2.29. The summed E-state index contributed by atoms with van der Waals surface area (Å²) in [6, 6.07) is 19.1. The van der Waals surface area contributed by atoms with Crippen LogP contribution in [0.15, 0.2) is 54.6 Å². The lowest BCUT2D eigenvalue weighted by molar-refractivity contribution is -0.120. The number of anilines is 1. The summed E-state index contributed by atoms with van der Waals surface area (Å²) >= 11 is 0. The number of benzene rings is 2. The van der Waals surface area contributed by atoms with E-state index in [1.807, 2.05) is 30.3 Å². The van der Waals surface area contributed by atoms with Crippen molar-refractivity contribution in [3.8, 4) is 0 Å². The van der Waals surface area contributed by atoms with Gasteiger partial charge in [0.15, 0.2) is 0 Å². The fourth-order valence-corrected chi connectivity index (χ4v) is 4.89. The Morgan fingerprint density at radius 2 is 1.62 bits per heavy atom. The Bertz CT molecular complexity index is 886. The number of morpholine rings is 1. The summed E-state index contributed by atoms with van der Waals surface area (Å²) in [5.74, 6) is 0.0588. The van der Waals surface area contributed by atoms with Gasteiger partial charge in [0, 0.05) is 56.5 Å². The molecule has 2 aromatic carbocycles. The van der Waals surface area contributed by atoms with E-state index in [1.165, 1.54) is 5.69 Å². The summed E-state index contributed by atoms with van der Waals surface area (Å²) in [5.41, 5.74) is 3.58. The van der Waals surface area contributed by atoms with Crippen LogP contribution in [0.5, 0.6) is 0 Å². The molecule has 2 saturated heterocycles. The Morgan fingerprint density at radius 1 is 0.941 bits per heavy atom. The van der Waals surface area contributed by atoms with Crippen LogP contribution in [0, 0.1) is 0 Å². The Hall–Kier alpha value is -2.41. The molecule has 34 heavy (non-hydrogen) atoms. The zero-order valence-corrected chi connectivity index (χ0v) is 20.8. The summed E-state index contributed by atoms with van der Waals surface area (Å²) in [5, 5.41) is 6.84. The SMILES string of the molecule is CC(C)(CNC1CCN(c2ccc(CC(=O)NCc3ccccc3)cc2)CC1)N1CCOCC1. The lowest BCUT2D eigenvalue weighted by atomic mass is 9.99. The molecule has 6 nitrogen and oxygen atoms in total. The van der Waals surface area contributed by atoms with Crippen molar-refractivity contribution in [1.82, 2.24) is 15.5 Å². The average Bonchev–Trinajstić information content (AvgIpc) is 2.88. The lowest BCUT2D eigenvalue weighted by Crippen LogP contribution is -2.56. The second kappa shape index (κ2) is 11.8. The number of hydrogen-bond acceptors (Lipinski definition) is 5. The molecule has 0 radical (unpaired) electrons. The van der Waals surface area contributed by atoms with Gasteiger partial charge in [0.25, 0.3) is 0 Å². The third-order valence-electron chi connectivity index (χ3n) is 7.18. The van der Waals surface area contributed by atoms with Gasteiger partial charge in [-0.15, -0.1) is 0 Å². The fourth-order valence-electron chi connectivity index (χ4n) is 4.89. The van der Waals surface area contributed by atoms with Gasteiger partial charge in [-0.25, -0.2) is 0 Å². The van der Waals surface area contributed by atoms with E-state index in [1.54, 1.807) is 0 Å². The lowest BCUT2D eigenvalue weighted by Gasteiger charge is -2.42. The van der Waals surface area contributed by atoms with Gasteiger partial charge in [0.05, 0.1) is 19.6 Å². The molecule has 2 aromatic rings. The Morgan fingerprint density at radius 3 is 2.29 bits per heavy atom. The van der Waals surface area contributed by atoms with Crippen molar-refractivity contribution in [2.75, 3.05) is 50.8 Å². The predicted octanol–water partition coefficient (Wildman–Crippen LogP) is 3.21. The van der Waals surface area contributed by atoms with E-state index in [0.29, 0.717) is 19.0 Å². The average molecular weight is 465 g/mol. The first-order chi connectivity index (χ1) is 16.5. The van der Waals surface area contributed by atoms with Gasteiger partial charge < -0.3 is 20.3 Å². The molecule has 0 spiro atoms. The van der Waals surface area contributed by atoms with E-state index in [9.17, 15) is 4.79 Å². The number of nitrogens with one attached hydrogen (secondary N) is 2. The van der Waals surface area contributed by atoms with Crippen molar-refractivity contribution in [2.24, 2.45) is 0 Å². The summed E-state index contributed by atoms with van der Waals surface area (Å²) in [6.45, 7) is 12.1. The van der Waals surface area contributed by atoms with Crippen molar-refractivity contribution in [3.05, 3.63) is 65.7 Å². The molecule has 6 heteroatoms. The number of piperidine rings is 1. The first kappa shape index (κ1) is 24.7. The monoisotopic (exact) mass is 464 g/mol. The van der Waals surface area contributed by atoms with Gasteiger partial charge in [0.1, 0.15) is 0 Å². The summed E-state index contributed by atoms with van der Waals surface area (Å²) in [6.07, 6.45) is 2.73. The maximum atomic E-state index is 12.3. The summed E-state index contributed by atoms with van der Waals surface area (Å²) in [7, 11) is 0. The zero-order chi connectivity index (χ0) is 23.8. The number of carbonyl (C=O) groups is 1. The molecule has 0 unspecified atom stereocenters. The highest BCUT2D eigenvalue weighted by Crippen LogP contribution is 2.22. The molecule has 0 aliphatic carbocycles. The molecule has 0 aromatic heterocycles. The van der Waals surface area contributed by atoms with Gasteiger partial charge in [-0.1, -0.05) is 42.5 Å². The van der Waals surface area contributed by atoms with Gasteiger partial charge in [-0.3, -0.25) is 9.69 Å². The maximum Gasteiger partial charge on any atom is 0.224 e. The van der Waals surface area contributed by atoms with E-state index < -0.39 is 0 Å². The van der Waals surface area contributed by atoms with Crippen LogP contribution in [0.3, 0.4) is 0 Å². The fraction of sp³-hybridized carbons (Fsp3) is 0.536. The molecule has 0 atom stereocenters. The number of amides is 1. The third-order valence-corrected chi connectivity index (χ3v) is 7.18. The van der Waals surface area contributed by atoms with E-state index >= 15 is 0 Å². The maximum absolute atomic E-state index is 12.3. The Labute approximate surface area is 204 Å². The topological polar surface area (TPSA) is 56.8 Å². The number of rotatable bonds is 9. The first-order valence-electron chi connectivity index (χ1n) is 12.7. The highest BCUT2D eigenvalue weighted by molar-refractivity contribution is 5.78. The van der Waals surface area contributed by atoms with Crippen LogP contribution in [0.25, 0.3) is 0 Å². The van der Waals surface area contributed by atoms with Gasteiger partial charge >= 0.3 is 0 Å². The number of nitrogens with zero attached hydrogens (tertiary/aromatic N) is 2. The van der Waals surface area contributed by atoms with E-state index in [2.05, 4.69) is 58.5 Å². The van der Waals surface area contributed by atoms with E-state index in [0.717, 1.165) is 69.9 Å². The zero-order valence-electron chi connectivity index (χ0n) is 20.8. The quantitative estimate of drug-likeness (QED) is 0.597. The smallest absolute Gasteiger partial charge is 0.224 e. The molecule has 4 rings (SSSR count). The molecule has 2 N–H and O–H groups in total. The van der Waals surface area contributed by atoms with Crippen LogP contribution in [0.2, 0.25) is 0 Å². The van der Waals surface area contributed by atoms with Gasteiger partial charge in [-0.2, -0.15) is 0 Å². The Kier molecular flexibility index (Phi) is 8.59. The number of carbonyl (C=O) groups excluding carboxylic acids is 1. The van der Waals surface area contributed by atoms with Crippen molar-refractivity contribution >= 4 is 11.6 Å². The molecule has 184 valence electrons. The minimum Gasteiger partial charge on any atom is -0.379 e. The highest BCUT2D eigenvalue weighted by atomic mass is 16.5. The molecule has 0 saturated carbocycles. The molecule has 2 fully saturated rings. The summed E-state index contributed by atoms with van der Waals surface area (Å²) in [4.78, 5) is 17.3. The molecular weight excluding hydrogens is 424 g/mol. The van der Waals surface area contributed by atoms with Crippen molar-refractivity contribution in [2.45, 2.75) is 51.2 Å². The van der Waals surface area contributed by atoms with E-state index in [-0.39, 0.29) is 11.4 Å². The predicted molar refractivity (Wildman–Crippen MR) is 138 cm³/mol. The standard InChI is InChI=1S/C28H40N4O2/c1-28(2,32-16-18-34-19-17-32)22-30-25-12-14-31(15-13-25)26-10-8-23(9-11-26)20-27(33)29-21-24-6-4-3-5-7-24/h3-11,25,30H,12-22H2,1-2H3,(H,29,33). The minimum atomic E-state index is 0.0588. The van der Waals surface area contributed by atoms with Crippen molar-refractivity contribution < 1.29 is 9.53 Å². The molecule has 1 amide bonds. The van der Waals surface area contributed by atoms with Gasteiger partial charge in [-0.05, 0) is 49.9 Å². The van der Waals surface area contributed by atoms with Crippen LogP contribution in [-0.2, 0) is 22.5 Å². The van der Waals surface area contributed by atoms with Gasteiger partial charge in [0.2, 0.25) is 5.91 Å².